The monoisotopic (exact) mass is 346 g/mol. The van der Waals surface area contributed by atoms with Crippen LogP contribution in [0.25, 0.3) is 0 Å². The summed E-state index contributed by atoms with van der Waals surface area (Å²) >= 11 is 7.35. The smallest absolute Gasteiger partial charge is 0.387 e. The number of carbonyl (C=O) groups is 1. The van der Waals surface area contributed by atoms with Gasteiger partial charge in [0.15, 0.2) is 0 Å². The van der Waals surface area contributed by atoms with E-state index in [2.05, 4.69) is 15.4 Å². The number of hydrogen-bond acceptors (Lipinski definition) is 3. The van der Waals surface area contributed by atoms with Crippen LogP contribution in [-0.2, 0) is 0 Å². The lowest BCUT2D eigenvalue weighted by atomic mass is 10.3. The molecule has 1 atom stereocenters. The first-order valence-electron chi connectivity index (χ1n) is 6.31. The van der Waals surface area contributed by atoms with Gasteiger partial charge in [0, 0.05) is 10.6 Å². The molecule has 2 N–H and O–H groups in total. The van der Waals surface area contributed by atoms with Gasteiger partial charge in [0.25, 0.3) is 0 Å². The largest absolute Gasteiger partial charge is 0.433 e. The van der Waals surface area contributed by atoms with Crippen molar-refractivity contribution < 1.29 is 18.3 Å². The lowest BCUT2D eigenvalue weighted by Gasteiger charge is -2.14. The minimum absolute atomic E-state index is 0.00981. The maximum atomic E-state index is 12.1. The second-order valence-corrected chi connectivity index (χ2v) is 5.75. The normalized spacial score (nSPS) is 12.0. The SMILES string of the molecule is C[C@@H](NC(=O)Nc1ccc(OC(F)F)c(Cl)c1)c1cccs1. The lowest BCUT2D eigenvalue weighted by Crippen LogP contribution is -2.30. The Morgan fingerprint density at radius 3 is 2.73 bits per heavy atom. The van der Waals surface area contributed by atoms with Crippen LogP contribution >= 0.6 is 22.9 Å². The molecule has 1 heterocycles. The molecule has 0 aliphatic carbocycles. The van der Waals surface area contributed by atoms with Crippen molar-refractivity contribution in [3.8, 4) is 5.75 Å². The minimum atomic E-state index is -2.95. The van der Waals surface area contributed by atoms with Gasteiger partial charge in [-0.05, 0) is 36.6 Å². The highest BCUT2D eigenvalue weighted by Crippen LogP contribution is 2.29. The predicted octanol–water partition coefficient (Wildman–Crippen LogP) is 4.89. The van der Waals surface area contributed by atoms with Crippen molar-refractivity contribution in [2.45, 2.75) is 19.6 Å². The molecule has 1 aromatic heterocycles. The first-order valence-corrected chi connectivity index (χ1v) is 7.56. The summed E-state index contributed by atoms with van der Waals surface area (Å²) < 4.78 is 28.5. The number of anilines is 1. The number of carbonyl (C=O) groups excluding carboxylic acids is 1. The molecular weight excluding hydrogens is 334 g/mol. The Morgan fingerprint density at radius 2 is 2.14 bits per heavy atom. The van der Waals surface area contributed by atoms with Gasteiger partial charge >= 0.3 is 12.6 Å². The number of alkyl halides is 2. The Hall–Kier alpha value is -1.86. The van der Waals surface area contributed by atoms with Gasteiger partial charge < -0.3 is 15.4 Å². The Balaban J connectivity index is 1.95. The maximum absolute atomic E-state index is 12.1. The van der Waals surface area contributed by atoms with E-state index in [0.29, 0.717) is 5.69 Å². The number of halogens is 3. The first-order chi connectivity index (χ1) is 10.5. The Labute approximate surface area is 135 Å². The minimum Gasteiger partial charge on any atom is -0.433 e. The average molecular weight is 347 g/mol. The third kappa shape index (κ3) is 4.57. The summed E-state index contributed by atoms with van der Waals surface area (Å²) in [7, 11) is 0. The van der Waals surface area contributed by atoms with Crippen molar-refractivity contribution in [1.29, 1.82) is 0 Å². The molecule has 0 saturated heterocycles. The molecule has 2 rings (SSSR count). The fraction of sp³-hybridized carbons (Fsp3) is 0.214. The van der Waals surface area contributed by atoms with Crippen molar-refractivity contribution in [3.63, 3.8) is 0 Å². The molecular formula is C14H13ClF2N2O2S. The fourth-order valence-electron chi connectivity index (χ4n) is 1.74. The molecule has 0 aliphatic heterocycles. The van der Waals surface area contributed by atoms with E-state index < -0.39 is 12.6 Å². The van der Waals surface area contributed by atoms with E-state index in [1.165, 1.54) is 29.5 Å². The van der Waals surface area contributed by atoms with Crippen molar-refractivity contribution in [3.05, 3.63) is 45.6 Å². The molecule has 0 bridgehead atoms. The van der Waals surface area contributed by atoms with Gasteiger partial charge in [0.05, 0.1) is 11.1 Å². The number of amides is 2. The highest BCUT2D eigenvalue weighted by atomic mass is 35.5. The Kier molecular flexibility index (Phi) is 5.57. The standard InChI is InChI=1S/C14H13ClF2N2O2S/c1-8(12-3-2-6-22-12)18-14(20)19-9-4-5-11(10(15)7-9)21-13(16)17/h2-8,13H,1H3,(H2,18,19,20)/t8-/m1/s1. The highest BCUT2D eigenvalue weighted by molar-refractivity contribution is 7.10. The Morgan fingerprint density at radius 1 is 1.36 bits per heavy atom. The van der Waals surface area contributed by atoms with Crippen molar-refractivity contribution in [2.24, 2.45) is 0 Å². The van der Waals surface area contributed by atoms with Crippen LogP contribution < -0.4 is 15.4 Å². The van der Waals surface area contributed by atoms with Crippen LogP contribution in [0.15, 0.2) is 35.7 Å². The number of rotatable bonds is 5. The summed E-state index contributed by atoms with van der Waals surface area (Å²) in [5, 5.41) is 7.26. The van der Waals surface area contributed by atoms with E-state index >= 15 is 0 Å². The topological polar surface area (TPSA) is 50.4 Å². The zero-order chi connectivity index (χ0) is 16.1. The number of ether oxygens (including phenoxy) is 1. The molecule has 1 aromatic carbocycles. The summed E-state index contributed by atoms with van der Waals surface area (Å²) in [5.74, 6) is -0.144. The predicted molar refractivity (Wildman–Crippen MR) is 83.0 cm³/mol. The molecule has 2 amide bonds. The van der Waals surface area contributed by atoms with Crippen molar-refractivity contribution in [1.82, 2.24) is 5.32 Å². The lowest BCUT2D eigenvalue weighted by molar-refractivity contribution is -0.0497. The Bertz CT molecular complexity index is 638. The van der Waals surface area contributed by atoms with Crippen LogP contribution in [0.5, 0.6) is 5.75 Å². The number of nitrogens with one attached hydrogen (secondary N) is 2. The number of urea groups is 1. The fourth-order valence-corrected chi connectivity index (χ4v) is 2.70. The van der Waals surface area contributed by atoms with Crippen LogP contribution in [0.2, 0.25) is 5.02 Å². The van der Waals surface area contributed by atoms with Crippen LogP contribution in [-0.4, -0.2) is 12.6 Å². The molecule has 0 saturated carbocycles. The van der Waals surface area contributed by atoms with E-state index in [1.807, 2.05) is 24.4 Å². The molecule has 0 radical (unpaired) electrons. The van der Waals surface area contributed by atoms with Crippen LogP contribution in [0.1, 0.15) is 17.8 Å². The number of thiophene rings is 1. The van der Waals surface area contributed by atoms with Crippen molar-refractivity contribution in [2.75, 3.05) is 5.32 Å². The maximum Gasteiger partial charge on any atom is 0.387 e. The van der Waals surface area contributed by atoms with Gasteiger partial charge in [-0.15, -0.1) is 11.3 Å². The van der Waals surface area contributed by atoms with Crippen molar-refractivity contribution >= 4 is 34.7 Å². The summed E-state index contributed by atoms with van der Waals surface area (Å²) in [6.45, 7) is -1.09. The summed E-state index contributed by atoms with van der Waals surface area (Å²) in [4.78, 5) is 12.9. The molecule has 22 heavy (non-hydrogen) atoms. The van der Waals surface area contributed by atoms with Gasteiger partial charge in [0.2, 0.25) is 0 Å². The average Bonchev–Trinajstić information content (AvgIpc) is 2.95. The molecule has 0 spiro atoms. The number of hydrogen-bond donors (Lipinski definition) is 2. The van der Waals surface area contributed by atoms with E-state index in [1.54, 1.807) is 0 Å². The van der Waals surface area contributed by atoms with Gasteiger partial charge in [-0.3, -0.25) is 0 Å². The van der Waals surface area contributed by atoms with E-state index in [9.17, 15) is 13.6 Å². The molecule has 118 valence electrons. The summed E-state index contributed by atoms with van der Waals surface area (Å²) in [6, 6.07) is 7.30. The van der Waals surface area contributed by atoms with Gasteiger partial charge in [0.1, 0.15) is 5.75 Å². The number of benzene rings is 1. The van der Waals surface area contributed by atoms with Gasteiger partial charge in [-0.1, -0.05) is 17.7 Å². The molecule has 0 unspecified atom stereocenters. The van der Waals surface area contributed by atoms with E-state index in [0.717, 1.165) is 4.88 Å². The zero-order valence-electron chi connectivity index (χ0n) is 11.5. The summed E-state index contributed by atoms with van der Waals surface area (Å²) in [5.41, 5.74) is 0.377. The van der Waals surface area contributed by atoms with E-state index in [4.69, 9.17) is 11.6 Å². The first kappa shape index (κ1) is 16.5. The third-order valence-electron chi connectivity index (χ3n) is 2.72. The second-order valence-electron chi connectivity index (χ2n) is 4.36. The zero-order valence-corrected chi connectivity index (χ0v) is 13.0. The van der Waals surface area contributed by atoms with E-state index in [-0.39, 0.29) is 16.8 Å². The highest BCUT2D eigenvalue weighted by Gasteiger charge is 2.12. The molecule has 4 nitrogen and oxygen atoms in total. The second kappa shape index (κ2) is 7.42. The molecule has 0 fully saturated rings. The van der Waals surface area contributed by atoms with Gasteiger partial charge in [-0.25, -0.2) is 4.79 Å². The molecule has 0 aliphatic rings. The quantitative estimate of drug-likeness (QED) is 0.810. The van der Waals surface area contributed by atoms with Crippen LogP contribution in [0.4, 0.5) is 19.3 Å². The summed E-state index contributed by atoms with van der Waals surface area (Å²) in [6.07, 6.45) is 0. The molecule has 2 aromatic rings. The van der Waals surface area contributed by atoms with Gasteiger partial charge in [-0.2, -0.15) is 8.78 Å². The van der Waals surface area contributed by atoms with Crippen LogP contribution in [0.3, 0.4) is 0 Å². The third-order valence-corrected chi connectivity index (χ3v) is 4.07. The van der Waals surface area contributed by atoms with Crippen LogP contribution in [0, 0.1) is 0 Å². The molecule has 8 heteroatoms.